The molecule has 2 aromatic heterocycles. The number of halogens is 1. The van der Waals surface area contributed by atoms with Crippen molar-refractivity contribution in [3.63, 3.8) is 0 Å². The number of hydrogen-bond acceptors (Lipinski definition) is 5. The lowest BCUT2D eigenvalue weighted by atomic mass is 10.2. The lowest BCUT2D eigenvalue weighted by molar-refractivity contribution is 0.0737. The van der Waals surface area contributed by atoms with E-state index in [0.717, 1.165) is 5.69 Å². The molecule has 1 fully saturated rings. The second-order valence-electron chi connectivity index (χ2n) is 5.17. The normalized spacial score (nSPS) is 14.7. The van der Waals surface area contributed by atoms with E-state index in [1.807, 2.05) is 4.90 Å². The number of pyridine rings is 2. The highest BCUT2D eigenvalue weighted by atomic mass is 19.1. The average molecular weight is 316 g/mol. The molecular weight excluding hydrogens is 299 g/mol. The standard InChI is InChI=1S/C16H17FN4O2/c1-23-13-3-2-5-19-15(13)16(22)21-9-7-20(8-10-21)12-4-6-18-14(17)11-12/h2-6,11H,7-10H2,1H3. The van der Waals surface area contributed by atoms with Crippen LogP contribution in [0.4, 0.5) is 10.1 Å². The van der Waals surface area contributed by atoms with Gasteiger partial charge in [-0.1, -0.05) is 0 Å². The summed E-state index contributed by atoms with van der Waals surface area (Å²) in [5.74, 6) is -0.182. The Morgan fingerprint density at radius 3 is 2.65 bits per heavy atom. The van der Waals surface area contributed by atoms with Crippen molar-refractivity contribution in [2.45, 2.75) is 0 Å². The summed E-state index contributed by atoms with van der Waals surface area (Å²) in [6, 6.07) is 6.61. The first-order valence-electron chi connectivity index (χ1n) is 7.34. The van der Waals surface area contributed by atoms with Crippen LogP contribution in [0.3, 0.4) is 0 Å². The summed E-state index contributed by atoms with van der Waals surface area (Å²) in [6.07, 6.45) is 3.02. The smallest absolute Gasteiger partial charge is 0.276 e. The molecule has 1 saturated heterocycles. The fourth-order valence-corrected chi connectivity index (χ4v) is 2.62. The maximum absolute atomic E-state index is 13.2. The van der Waals surface area contributed by atoms with Gasteiger partial charge in [-0.25, -0.2) is 9.97 Å². The van der Waals surface area contributed by atoms with Crippen LogP contribution in [-0.2, 0) is 0 Å². The van der Waals surface area contributed by atoms with Crippen molar-refractivity contribution in [2.24, 2.45) is 0 Å². The number of piperazine rings is 1. The van der Waals surface area contributed by atoms with E-state index in [-0.39, 0.29) is 5.91 Å². The fourth-order valence-electron chi connectivity index (χ4n) is 2.62. The van der Waals surface area contributed by atoms with Gasteiger partial charge in [-0.3, -0.25) is 4.79 Å². The molecular formula is C16H17FN4O2. The van der Waals surface area contributed by atoms with Crippen molar-refractivity contribution < 1.29 is 13.9 Å². The van der Waals surface area contributed by atoms with E-state index in [1.54, 1.807) is 29.3 Å². The minimum Gasteiger partial charge on any atom is -0.494 e. The molecule has 120 valence electrons. The van der Waals surface area contributed by atoms with Crippen LogP contribution in [0.1, 0.15) is 10.5 Å². The van der Waals surface area contributed by atoms with E-state index in [0.29, 0.717) is 37.6 Å². The van der Waals surface area contributed by atoms with Gasteiger partial charge in [0.1, 0.15) is 5.75 Å². The number of carbonyl (C=O) groups is 1. The summed E-state index contributed by atoms with van der Waals surface area (Å²) < 4.78 is 18.4. The first kappa shape index (κ1) is 15.2. The summed E-state index contributed by atoms with van der Waals surface area (Å²) in [6.45, 7) is 2.35. The first-order valence-corrected chi connectivity index (χ1v) is 7.34. The molecule has 1 amide bonds. The molecule has 2 aromatic rings. The lowest BCUT2D eigenvalue weighted by Crippen LogP contribution is -2.49. The van der Waals surface area contributed by atoms with E-state index in [2.05, 4.69) is 9.97 Å². The van der Waals surface area contributed by atoms with Gasteiger partial charge in [-0.05, 0) is 18.2 Å². The Hall–Kier alpha value is -2.70. The van der Waals surface area contributed by atoms with Gasteiger partial charge < -0.3 is 14.5 Å². The topological polar surface area (TPSA) is 58.6 Å². The van der Waals surface area contributed by atoms with E-state index in [9.17, 15) is 9.18 Å². The van der Waals surface area contributed by atoms with Crippen molar-refractivity contribution >= 4 is 11.6 Å². The number of hydrogen-bond donors (Lipinski definition) is 0. The monoisotopic (exact) mass is 316 g/mol. The zero-order chi connectivity index (χ0) is 16.2. The van der Waals surface area contributed by atoms with Gasteiger partial charge in [-0.15, -0.1) is 0 Å². The molecule has 1 aliphatic heterocycles. The van der Waals surface area contributed by atoms with Crippen LogP contribution in [-0.4, -0.2) is 54.1 Å². The molecule has 3 heterocycles. The third-order valence-corrected chi connectivity index (χ3v) is 3.84. The van der Waals surface area contributed by atoms with Gasteiger partial charge in [0.15, 0.2) is 5.69 Å². The van der Waals surface area contributed by atoms with E-state index in [1.165, 1.54) is 19.4 Å². The molecule has 6 nitrogen and oxygen atoms in total. The summed E-state index contributed by atoms with van der Waals surface area (Å²) >= 11 is 0. The van der Waals surface area contributed by atoms with Crippen molar-refractivity contribution in [1.82, 2.24) is 14.9 Å². The molecule has 7 heteroatoms. The van der Waals surface area contributed by atoms with Gasteiger partial charge in [0.2, 0.25) is 5.95 Å². The molecule has 1 aliphatic rings. The number of nitrogens with zero attached hydrogens (tertiary/aromatic N) is 4. The first-order chi connectivity index (χ1) is 11.2. The van der Waals surface area contributed by atoms with Crippen LogP contribution in [0, 0.1) is 5.95 Å². The summed E-state index contributed by atoms with van der Waals surface area (Å²) in [5, 5.41) is 0. The van der Waals surface area contributed by atoms with Crippen LogP contribution in [0.25, 0.3) is 0 Å². The fraction of sp³-hybridized carbons (Fsp3) is 0.312. The Balaban J connectivity index is 1.68. The Bertz CT molecular complexity index is 702. The van der Waals surface area contributed by atoms with Crippen molar-refractivity contribution in [2.75, 3.05) is 38.2 Å². The number of aromatic nitrogens is 2. The molecule has 23 heavy (non-hydrogen) atoms. The zero-order valence-electron chi connectivity index (χ0n) is 12.8. The molecule has 0 aromatic carbocycles. The highest BCUT2D eigenvalue weighted by Crippen LogP contribution is 2.20. The van der Waals surface area contributed by atoms with Crippen LogP contribution < -0.4 is 9.64 Å². The molecule has 0 spiro atoms. The Morgan fingerprint density at radius 1 is 1.17 bits per heavy atom. The SMILES string of the molecule is COc1cccnc1C(=O)N1CCN(c2ccnc(F)c2)CC1. The lowest BCUT2D eigenvalue weighted by Gasteiger charge is -2.36. The van der Waals surface area contributed by atoms with Crippen LogP contribution >= 0.6 is 0 Å². The molecule has 0 atom stereocenters. The highest BCUT2D eigenvalue weighted by molar-refractivity contribution is 5.95. The van der Waals surface area contributed by atoms with Gasteiger partial charge in [0, 0.05) is 50.3 Å². The summed E-state index contributed by atoms with van der Waals surface area (Å²) in [7, 11) is 1.52. The number of carbonyl (C=O) groups excluding carboxylic acids is 1. The number of anilines is 1. The Kier molecular flexibility index (Phi) is 4.36. The minimum absolute atomic E-state index is 0.150. The molecule has 0 saturated carbocycles. The number of amides is 1. The van der Waals surface area contributed by atoms with Crippen LogP contribution in [0.5, 0.6) is 5.75 Å². The van der Waals surface area contributed by atoms with Crippen LogP contribution in [0.15, 0.2) is 36.7 Å². The second kappa shape index (κ2) is 6.60. The number of ether oxygens (including phenoxy) is 1. The van der Waals surface area contributed by atoms with Gasteiger partial charge in [-0.2, -0.15) is 4.39 Å². The second-order valence-corrected chi connectivity index (χ2v) is 5.17. The van der Waals surface area contributed by atoms with Crippen molar-refractivity contribution in [1.29, 1.82) is 0 Å². The van der Waals surface area contributed by atoms with E-state index < -0.39 is 5.95 Å². The molecule has 0 bridgehead atoms. The maximum atomic E-state index is 13.2. The van der Waals surface area contributed by atoms with E-state index in [4.69, 9.17) is 4.74 Å². The van der Waals surface area contributed by atoms with Crippen molar-refractivity contribution in [3.05, 3.63) is 48.3 Å². The van der Waals surface area contributed by atoms with Gasteiger partial charge in [0.05, 0.1) is 7.11 Å². The third-order valence-electron chi connectivity index (χ3n) is 3.84. The molecule has 0 unspecified atom stereocenters. The summed E-state index contributed by atoms with van der Waals surface area (Å²) in [5.41, 5.74) is 1.10. The average Bonchev–Trinajstić information content (AvgIpc) is 2.61. The highest BCUT2D eigenvalue weighted by Gasteiger charge is 2.25. The minimum atomic E-state index is -0.501. The quantitative estimate of drug-likeness (QED) is 0.805. The largest absolute Gasteiger partial charge is 0.494 e. The number of rotatable bonds is 3. The summed E-state index contributed by atoms with van der Waals surface area (Å²) in [4.78, 5) is 24.0. The van der Waals surface area contributed by atoms with E-state index >= 15 is 0 Å². The Morgan fingerprint density at radius 2 is 1.96 bits per heavy atom. The van der Waals surface area contributed by atoms with Gasteiger partial charge >= 0.3 is 0 Å². The molecule has 0 aliphatic carbocycles. The Labute approximate surface area is 133 Å². The molecule has 0 N–H and O–H groups in total. The van der Waals surface area contributed by atoms with Crippen molar-refractivity contribution in [3.8, 4) is 5.75 Å². The van der Waals surface area contributed by atoms with Crippen LogP contribution in [0.2, 0.25) is 0 Å². The molecule has 3 rings (SSSR count). The van der Waals surface area contributed by atoms with Gasteiger partial charge in [0.25, 0.3) is 5.91 Å². The third kappa shape index (κ3) is 3.23. The number of methoxy groups -OCH3 is 1. The maximum Gasteiger partial charge on any atom is 0.276 e. The predicted molar refractivity (Wildman–Crippen MR) is 83.1 cm³/mol. The zero-order valence-corrected chi connectivity index (χ0v) is 12.8. The predicted octanol–water partition coefficient (Wildman–Crippen LogP) is 1.59. The molecule has 0 radical (unpaired) electrons.